The van der Waals surface area contributed by atoms with E-state index in [2.05, 4.69) is 4.74 Å². The fourth-order valence-corrected chi connectivity index (χ4v) is 2.56. The summed E-state index contributed by atoms with van der Waals surface area (Å²) in [6, 6.07) is 9.94. The molecule has 0 N–H and O–H groups in total. The summed E-state index contributed by atoms with van der Waals surface area (Å²) in [5, 5.41) is 0. The first-order valence-electron chi connectivity index (χ1n) is 7.35. The highest BCUT2D eigenvalue weighted by Crippen LogP contribution is 2.35. The lowest BCUT2D eigenvalue weighted by Gasteiger charge is -2.30. The molecule has 0 saturated heterocycles. The van der Waals surface area contributed by atoms with Crippen molar-refractivity contribution in [2.24, 2.45) is 0 Å². The van der Waals surface area contributed by atoms with Gasteiger partial charge in [-0.25, -0.2) is 0 Å². The standard InChI is InChI=1S/C18H13F3O4/c1-17(2)16(23)15(22)13-7-6-11(9-14(13)25-17)10-4-3-5-12(8-10)24-18(19,20)21/h3-9H,1-2H3. The third-order valence-electron chi connectivity index (χ3n) is 3.75. The lowest BCUT2D eigenvalue weighted by molar-refractivity contribution is -0.274. The molecule has 2 aromatic rings. The minimum absolute atomic E-state index is 0.135. The number of carbonyl (C=O) groups is 2. The summed E-state index contributed by atoms with van der Waals surface area (Å²) in [4.78, 5) is 24.1. The molecule has 7 heteroatoms. The molecule has 0 amide bonds. The van der Waals surface area contributed by atoms with Crippen molar-refractivity contribution in [2.75, 3.05) is 0 Å². The Morgan fingerprint density at radius 3 is 2.36 bits per heavy atom. The van der Waals surface area contributed by atoms with Crippen LogP contribution in [-0.4, -0.2) is 23.5 Å². The zero-order valence-corrected chi connectivity index (χ0v) is 13.3. The Balaban J connectivity index is 2.00. The molecule has 25 heavy (non-hydrogen) atoms. The number of hydrogen-bond donors (Lipinski definition) is 0. The van der Waals surface area contributed by atoms with E-state index in [1.807, 2.05) is 0 Å². The Morgan fingerprint density at radius 1 is 1.00 bits per heavy atom. The zero-order chi connectivity index (χ0) is 18.4. The first-order valence-corrected chi connectivity index (χ1v) is 7.35. The molecule has 0 unspecified atom stereocenters. The summed E-state index contributed by atoms with van der Waals surface area (Å²) in [5.41, 5.74) is -0.167. The molecule has 0 fully saturated rings. The van der Waals surface area contributed by atoms with E-state index in [4.69, 9.17) is 4.74 Å². The number of fused-ring (bicyclic) bond motifs is 1. The molecule has 3 rings (SSSR count). The van der Waals surface area contributed by atoms with Crippen LogP contribution in [0, 0.1) is 0 Å². The predicted octanol–water partition coefficient (Wildman–Crippen LogP) is 4.18. The van der Waals surface area contributed by atoms with Gasteiger partial charge in [-0.1, -0.05) is 18.2 Å². The van der Waals surface area contributed by atoms with Crippen LogP contribution in [0.1, 0.15) is 24.2 Å². The summed E-state index contributed by atoms with van der Waals surface area (Å²) < 4.78 is 46.6. The molecule has 2 aromatic carbocycles. The minimum Gasteiger partial charge on any atom is -0.479 e. The molecule has 1 aliphatic heterocycles. The molecule has 130 valence electrons. The molecule has 0 saturated carbocycles. The molecule has 1 aliphatic rings. The normalized spacial score (nSPS) is 16.2. The number of benzene rings is 2. The summed E-state index contributed by atoms with van der Waals surface area (Å²) in [5.74, 6) is -1.43. The Morgan fingerprint density at radius 2 is 1.68 bits per heavy atom. The quantitative estimate of drug-likeness (QED) is 0.763. The van der Waals surface area contributed by atoms with Gasteiger partial charge in [-0.15, -0.1) is 13.2 Å². The Labute approximate surface area is 141 Å². The number of rotatable bonds is 2. The van der Waals surface area contributed by atoms with Crippen LogP contribution in [0.4, 0.5) is 13.2 Å². The van der Waals surface area contributed by atoms with E-state index in [-0.39, 0.29) is 17.1 Å². The average Bonchev–Trinajstić information content (AvgIpc) is 2.50. The van der Waals surface area contributed by atoms with Crippen molar-refractivity contribution < 1.29 is 32.2 Å². The highest BCUT2D eigenvalue weighted by atomic mass is 19.4. The maximum absolute atomic E-state index is 12.4. The Kier molecular flexibility index (Phi) is 3.82. The first kappa shape index (κ1) is 17.0. The maximum atomic E-state index is 12.4. The highest BCUT2D eigenvalue weighted by Gasteiger charge is 2.41. The monoisotopic (exact) mass is 350 g/mol. The van der Waals surface area contributed by atoms with Crippen molar-refractivity contribution in [3.05, 3.63) is 48.0 Å². The van der Waals surface area contributed by atoms with Crippen LogP contribution in [0.15, 0.2) is 42.5 Å². The van der Waals surface area contributed by atoms with Gasteiger partial charge in [0.1, 0.15) is 11.5 Å². The van der Waals surface area contributed by atoms with E-state index in [0.717, 1.165) is 0 Å². The molecular formula is C18H13F3O4. The smallest absolute Gasteiger partial charge is 0.479 e. The number of ketones is 2. The van der Waals surface area contributed by atoms with Gasteiger partial charge in [-0.2, -0.15) is 0 Å². The molecule has 0 spiro atoms. The van der Waals surface area contributed by atoms with Crippen LogP contribution < -0.4 is 9.47 Å². The van der Waals surface area contributed by atoms with Gasteiger partial charge >= 0.3 is 6.36 Å². The van der Waals surface area contributed by atoms with Crippen LogP contribution in [-0.2, 0) is 4.79 Å². The number of carbonyl (C=O) groups excluding carboxylic acids is 2. The molecule has 0 atom stereocenters. The third-order valence-corrected chi connectivity index (χ3v) is 3.75. The molecule has 1 heterocycles. The van der Waals surface area contributed by atoms with Crippen molar-refractivity contribution in [3.63, 3.8) is 0 Å². The van der Waals surface area contributed by atoms with E-state index >= 15 is 0 Å². The van der Waals surface area contributed by atoms with Crippen molar-refractivity contribution in [3.8, 4) is 22.6 Å². The molecular weight excluding hydrogens is 337 g/mol. The topological polar surface area (TPSA) is 52.6 Å². The van der Waals surface area contributed by atoms with Crippen molar-refractivity contribution in [1.82, 2.24) is 0 Å². The Bertz CT molecular complexity index is 869. The van der Waals surface area contributed by atoms with Gasteiger partial charge in [-0.3, -0.25) is 9.59 Å². The zero-order valence-electron chi connectivity index (χ0n) is 13.3. The third kappa shape index (κ3) is 3.35. The second kappa shape index (κ2) is 5.61. The van der Waals surface area contributed by atoms with Gasteiger partial charge in [0.15, 0.2) is 5.60 Å². The molecule has 0 bridgehead atoms. The number of alkyl halides is 3. The summed E-state index contributed by atoms with van der Waals surface area (Å²) in [6.07, 6.45) is -4.78. The fourth-order valence-electron chi connectivity index (χ4n) is 2.56. The van der Waals surface area contributed by atoms with Gasteiger partial charge in [0.05, 0.1) is 5.56 Å². The number of halogens is 3. The summed E-state index contributed by atoms with van der Waals surface area (Å²) >= 11 is 0. The highest BCUT2D eigenvalue weighted by molar-refractivity contribution is 6.47. The maximum Gasteiger partial charge on any atom is 0.573 e. The van der Waals surface area contributed by atoms with Crippen LogP contribution in [0.5, 0.6) is 11.5 Å². The average molecular weight is 350 g/mol. The van der Waals surface area contributed by atoms with E-state index in [0.29, 0.717) is 11.1 Å². The van der Waals surface area contributed by atoms with Crippen molar-refractivity contribution in [2.45, 2.75) is 25.8 Å². The largest absolute Gasteiger partial charge is 0.573 e. The fraction of sp³-hybridized carbons (Fsp3) is 0.222. The first-order chi connectivity index (χ1) is 11.6. The molecule has 0 radical (unpaired) electrons. The lowest BCUT2D eigenvalue weighted by Crippen LogP contribution is -2.46. The van der Waals surface area contributed by atoms with Gasteiger partial charge in [0.2, 0.25) is 11.6 Å². The van der Waals surface area contributed by atoms with Gasteiger partial charge in [0, 0.05) is 0 Å². The van der Waals surface area contributed by atoms with Gasteiger partial charge < -0.3 is 9.47 Å². The van der Waals surface area contributed by atoms with Crippen molar-refractivity contribution >= 4 is 11.6 Å². The van der Waals surface area contributed by atoms with E-state index in [9.17, 15) is 22.8 Å². The van der Waals surface area contributed by atoms with Gasteiger partial charge in [-0.05, 0) is 49.2 Å². The number of ether oxygens (including phenoxy) is 2. The van der Waals surface area contributed by atoms with Crippen LogP contribution >= 0.6 is 0 Å². The van der Waals surface area contributed by atoms with E-state index < -0.39 is 23.5 Å². The summed E-state index contributed by atoms with van der Waals surface area (Å²) in [6.45, 7) is 2.97. The SMILES string of the molecule is CC1(C)Oc2cc(-c3cccc(OC(F)(F)F)c3)ccc2C(=O)C1=O. The van der Waals surface area contributed by atoms with E-state index in [1.54, 1.807) is 12.1 Å². The van der Waals surface area contributed by atoms with Gasteiger partial charge in [0.25, 0.3) is 0 Å². The van der Waals surface area contributed by atoms with Crippen LogP contribution in [0.3, 0.4) is 0 Å². The second-order valence-corrected chi connectivity index (χ2v) is 6.06. The number of hydrogen-bond acceptors (Lipinski definition) is 4. The Hall–Kier alpha value is -2.83. The predicted molar refractivity (Wildman–Crippen MR) is 82.6 cm³/mol. The van der Waals surface area contributed by atoms with Crippen LogP contribution in [0.25, 0.3) is 11.1 Å². The van der Waals surface area contributed by atoms with Crippen LogP contribution in [0.2, 0.25) is 0 Å². The minimum atomic E-state index is -4.78. The second-order valence-electron chi connectivity index (χ2n) is 6.06. The lowest BCUT2D eigenvalue weighted by atomic mass is 9.90. The van der Waals surface area contributed by atoms with E-state index in [1.165, 1.54) is 44.2 Å². The molecule has 0 aromatic heterocycles. The number of Topliss-reactive ketones (excluding diaryl/α,β-unsaturated/α-hetero) is 2. The molecule has 0 aliphatic carbocycles. The molecule has 4 nitrogen and oxygen atoms in total. The van der Waals surface area contributed by atoms with Crippen molar-refractivity contribution in [1.29, 1.82) is 0 Å². The summed E-state index contributed by atoms with van der Waals surface area (Å²) in [7, 11) is 0.